The zero-order chi connectivity index (χ0) is 13.8. The Hall–Kier alpha value is -0.680. The first-order valence-electron chi connectivity index (χ1n) is 6.07. The first-order chi connectivity index (χ1) is 9.10. The van der Waals surface area contributed by atoms with Crippen LogP contribution < -0.4 is 11.3 Å². The summed E-state index contributed by atoms with van der Waals surface area (Å²) in [5.74, 6) is 5.72. The van der Waals surface area contributed by atoms with Gasteiger partial charge < -0.3 is 0 Å². The minimum absolute atomic E-state index is 0.0775. The molecular weight excluding hydrogens is 368 g/mol. The Morgan fingerprint density at radius 3 is 2.63 bits per heavy atom. The van der Waals surface area contributed by atoms with E-state index in [4.69, 9.17) is 5.84 Å². The Morgan fingerprint density at radius 2 is 1.95 bits per heavy atom. The topological polar surface area (TPSA) is 38.0 Å². The maximum atomic E-state index is 5.72. The molecule has 0 aliphatic heterocycles. The molecule has 2 aromatic rings. The van der Waals surface area contributed by atoms with Gasteiger partial charge >= 0.3 is 0 Å². The van der Waals surface area contributed by atoms with Gasteiger partial charge in [-0.1, -0.05) is 61.7 Å². The third-order valence-electron chi connectivity index (χ3n) is 3.06. The maximum Gasteiger partial charge on any atom is 0.0511 e. The molecule has 0 saturated heterocycles. The van der Waals surface area contributed by atoms with E-state index in [1.165, 1.54) is 11.1 Å². The van der Waals surface area contributed by atoms with Gasteiger partial charge in [0.25, 0.3) is 0 Å². The maximum absolute atomic E-state index is 5.72. The molecule has 0 heterocycles. The van der Waals surface area contributed by atoms with Gasteiger partial charge in [-0.25, -0.2) is 0 Å². The lowest BCUT2D eigenvalue weighted by atomic mass is 9.98. The molecule has 3 N–H and O–H groups in total. The van der Waals surface area contributed by atoms with Crippen LogP contribution in [0.15, 0.2) is 51.4 Å². The summed E-state index contributed by atoms with van der Waals surface area (Å²) in [5, 5.41) is 0. The lowest BCUT2D eigenvalue weighted by Gasteiger charge is -2.18. The van der Waals surface area contributed by atoms with Crippen LogP contribution in [-0.4, -0.2) is 0 Å². The second-order valence-corrected chi connectivity index (χ2v) is 6.35. The molecule has 0 bridgehead atoms. The molecule has 0 aliphatic rings. The number of nitrogens with one attached hydrogen (secondary N) is 1. The number of benzene rings is 2. The fourth-order valence-corrected chi connectivity index (χ4v) is 3.02. The average molecular weight is 384 g/mol. The highest BCUT2D eigenvalue weighted by molar-refractivity contribution is 9.11. The highest BCUT2D eigenvalue weighted by Crippen LogP contribution is 2.28. The van der Waals surface area contributed by atoms with Crippen LogP contribution in [0.25, 0.3) is 0 Å². The molecular formula is C15H16Br2N2. The van der Waals surface area contributed by atoms with Gasteiger partial charge in [-0.05, 0) is 42.7 Å². The lowest BCUT2D eigenvalue weighted by molar-refractivity contribution is 0.549. The van der Waals surface area contributed by atoms with E-state index in [1.54, 1.807) is 0 Å². The van der Waals surface area contributed by atoms with Gasteiger partial charge in [-0.15, -0.1) is 0 Å². The van der Waals surface area contributed by atoms with E-state index in [1.807, 2.05) is 12.1 Å². The van der Waals surface area contributed by atoms with Gasteiger partial charge in [0.15, 0.2) is 0 Å². The molecule has 0 aromatic heterocycles. The summed E-state index contributed by atoms with van der Waals surface area (Å²) in [7, 11) is 0. The minimum Gasteiger partial charge on any atom is -0.271 e. The molecule has 4 heteroatoms. The number of rotatable bonds is 4. The van der Waals surface area contributed by atoms with Crippen molar-refractivity contribution in [3.05, 3.63) is 68.1 Å². The van der Waals surface area contributed by atoms with Gasteiger partial charge in [-0.2, -0.15) is 0 Å². The molecule has 1 unspecified atom stereocenters. The fraction of sp³-hybridized carbons (Fsp3) is 0.200. The van der Waals surface area contributed by atoms with E-state index in [0.29, 0.717) is 0 Å². The lowest BCUT2D eigenvalue weighted by Crippen LogP contribution is -2.29. The van der Waals surface area contributed by atoms with Crippen molar-refractivity contribution in [3.8, 4) is 0 Å². The zero-order valence-electron chi connectivity index (χ0n) is 10.7. The SMILES string of the molecule is Cc1cccc(CC(NN)c2cc(Br)ccc2Br)c1. The summed E-state index contributed by atoms with van der Waals surface area (Å²) in [5.41, 5.74) is 6.59. The number of halogens is 2. The molecule has 0 aliphatic carbocycles. The van der Waals surface area contributed by atoms with Crippen LogP contribution >= 0.6 is 31.9 Å². The first-order valence-corrected chi connectivity index (χ1v) is 7.65. The van der Waals surface area contributed by atoms with E-state index < -0.39 is 0 Å². The summed E-state index contributed by atoms with van der Waals surface area (Å²) in [6.45, 7) is 2.10. The number of nitrogens with two attached hydrogens (primary N) is 1. The molecule has 1 atom stereocenters. The summed E-state index contributed by atoms with van der Waals surface area (Å²) in [6, 6.07) is 14.7. The van der Waals surface area contributed by atoms with Crippen LogP contribution in [0.5, 0.6) is 0 Å². The van der Waals surface area contributed by atoms with E-state index in [9.17, 15) is 0 Å². The molecule has 0 spiro atoms. The molecule has 0 saturated carbocycles. The highest BCUT2D eigenvalue weighted by atomic mass is 79.9. The predicted molar refractivity (Wildman–Crippen MR) is 86.8 cm³/mol. The molecule has 0 fully saturated rings. The van der Waals surface area contributed by atoms with Crippen molar-refractivity contribution in [2.75, 3.05) is 0 Å². The van der Waals surface area contributed by atoms with Gasteiger partial charge in [0, 0.05) is 8.95 Å². The van der Waals surface area contributed by atoms with Crippen LogP contribution in [0.4, 0.5) is 0 Å². The molecule has 19 heavy (non-hydrogen) atoms. The minimum atomic E-state index is 0.0775. The summed E-state index contributed by atoms with van der Waals surface area (Å²) in [4.78, 5) is 0. The van der Waals surface area contributed by atoms with E-state index in [2.05, 4.69) is 74.5 Å². The highest BCUT2D eigenvalue weighted by Gasteiger charge is 2.14. The van der Waals surface area contributed by atoms with Crippen molar-refractivity contribution in [3.63, 3.8) is 0 Å². The van der Waals surface area contributed by atoms with Gasteiger partial charge in [0.05, 0.1) is 6.04 Å². The summed E-state index contributed by atoms with van der Waals surface area (Å²) < 4.78 is 2.11. The first kappa shape index (κ1) is 14.7. The summed E-state index contributed by atoms with van der Waals surface area (Å²) in [6.07, 6.45) is 0.854. The number of aryl methyl sites for hydroxylation is 1. The van der Waals surface area contributed by atoms with Crippen LogP contribution in [0.2, 0.25) is 0 Å². The Morgan fingerprint density at radius 1 is 1.16 bits per heavy atom. The number of hydrogen-bond acceptors (Lipinski definition) is 2. The van der Waals surface area contributed by atoms with Crippen LogP contribution in [0.3, 0.4) is 0 Å². The van der Waals surface area contributed by atoms with Crippen LogP contribution in [-0.2, 0) is 6.42 Å². The third kappa shape index (κ3) is 3.89. The van der Waals surface area contributed by atoms with Crippen molar-refractivity contribution in [2.24, 2.45) is 5.84 Å². The molecule has 2 rings (SSSR count). The smallest absolute Gasteiger partial charge is 0.0511 e. The average Bonchev–Trinajstić information content (AvgIpc) is 2.39. The third-order valence-corrected chi connectivity index (χ3v) is 4.27. The van der Waals surface area contributed by atoms with Crippen molar-refractivity contribution in [1.29, 1.82) is 0 Å². The Labute approximate surface area is 130 Å². The zero-order valence-corrected chi connectivity index (χ0v) is 13.8. The molecule has 2 aromatic carbocycles. The van der Waals surface area contributed by atoms with Crippen LogP contribution in [0, 0.1) is 6.92 Å². The Bertz CT molecular complexity index is 570. The van der Waals surface area contributed by atoms with Crippen molar-refractivity contribution in [2.45, 2.75) is 19.4 Å². The Balaban J connectivity index is 2.27. The largest absolute Gasteiger partial charge is 0.271 e. The number of hydrazine groups is 1. The van der Waals surface area contributed by atoms with Crippen molar-refractivity contribution >= 4 is 31.9 Å². The van der Waals surface area contributed by atoms with Gasteiger partial charge in [0.1, 0.15) is 0 Å². The fourth-order valence-electron chi connectivity index (χ4n) is 2.12. The second-order valence-electron chi connectivity index (χ2n) is 4.58. The second kappa shape index (κ2) is 6.66. The molecule has 0 radical (unpaired) electrons. The van der Waals surface area contributed by atoms with E-state index in [-0.39, 0.29) is 6.04 Å². The van der Waals surface area contributed by atoms with E-state index in [0.717, 1.165) is 20.9 Å². The number of hydrogen-bond donors (Lipinski definition) is 2. The van der Waals surface area contributed by atoms with Crippen molar-refractivity contribution < 1.29 is 0 Å². The molecule has 0 amide bonds. The van der Waals surface area contributed by atoms with Crippen LogP contribution in [0.1, 0.15) is 22.7 Å². The standard InChI is InChI=1S/C15H16Br2N2/c1-10-3-2-4-11(7-10)8-15(19-18)13-9-12(16)5-6-14(13)17/h2-7,9,15,19H,8,18H2,1H3. The quantitative estimate of drug-likeness (QED) is 0.611. The van der Waals surface area contributed by atoms with Crippen molar-refractivity contribution in [1.82, 2.24) is 5.43 Å². The molecule has 100 valence electrons. The normalized spacial score (nSPS) is 12.4. The summed E-state index contributed by atoms with van der Waals surface area (Å²) >= 11 is 7.08. The Kier molecular flexibility index (Phi) is 5.16. The van der Waals surface area contributed by atoms with Gasteiger partial charge in [-0.3, -0.25) is 11.3 Å². The monoisotopic (exact) mass is 382 g/mol. The predicted octanol–water partition coefficient (Wildman–Crippen LogP) is 4.27. The van der Waals surface area contributed by atoms with Gasteiger partial charge in [0.2, 0.25) is 0 Å². The van der Waals surface area contributed by atoms with E-state index >= 15 is 0 Å². The molecule has 2 nitrogen and oxygen atoms in total.